The summed E-state index contributed by atoms with van der Waals surface area (Å²) in [6.07, 6.45) is 0. The fourth-order valence-electron chi connectivity index (χ4n) is 4.87. The molecule has 0 saturated carbocycles. The average molecular weight is 475 g/mol. The van der Waals surface area contributed by atoms with Gasteiger partial charge in [-0.1, -0.05) is 83.9 Å². The van der Waals surface area contributed by atoms with Crippen LogP contribution >= 0.6 is 23.2 Å². The van der Waals surface area contributed by atoms with Crippen LogP contribution in [-0.4, -0.2) is 22.2 Å². The van der Waals surface area contributed by atoms with Gasteiger partial charge in [0, 0.05) is 0 Å². The molecule has 33 heavy (non-hydrogen) atoms. The lowest BCUT2D eigenvalue weighted by molar-refractivity contribution is 0.0686. The second kappa shape index (κ2) is 7.77. The number of benzene rings is 4. The molecule has 0 fully saturated rings. The molecule has 4 aromatic rings. The van der Waals surface area contributed by atoms with Gasteiger partial charge < -0.3 is 10.2 Å². The van der Waals surface area contributed by atoms with Gasteiger partial charge in [-0.05, 0) is 57.6 Å². The van der Waals surface area contributed by atoms with Crippen LogP contribution in [0.4, 0.5) is 0 Å². The molecule has 0 atom stereocenters. The minimum atomic E-state index is -1.11. The van der Waals surface area contributed by atoms with Crippen molar-refractivity contribution in [3.8, 4) is 11.1 Å². The lowest BCUT2D eigenvalue weighted by Crippen LogP contribution is -2.29. The van der Waals surface area contributed by atoms with Crippen molar-refractivity contribution in [1.82, 2.24) is 0 Å². The number of rotatable bonds is 4. The Balaban J connectivity index is 1.92. The van der Waals surface area contributed by atoms with Gasteiger partial charge in [-0.25, -0.2) is 9.59 Å². The van der Waals surface area contributed by atoms with Gasteiger partial charge in [0.15, 0.2) is 0 Å². The smallest absolute Gasteiger partial charge is 0.337 e. The zero-order chi connectivity index (χ0) is 23.3. The van der Waals surface area contributed by atoms with Crippen LogP contribution in [0, 0.1) is 0 Å². The highest BCUT2D eigenvalue weighted by molar-refractivity contribution is 6.34. The molecular weight excluding hydrogens is 459 g/mol. The van der Waals surface area contributed by atoms with Gasteiger partial charge in [0.25, 0.3) is 0 Å². The molecule has 0 radical (unpaired) electrons. The predicted octanol–water partition coefficient (Wildman–Crippen LogP) is 6.75. The molecule has 0 amide bonds. The maximum absolute atomic E-state index is 11.6. The molecule has 0 aromatic heterocycles. The van der Waals surface area contributed by atoms with Crippen LogP contribution in [-0.2, 0) is 5.41 Å². The van der Waals surface area contributed by atoms with Gasteiger partial charge >= 0.3 is 11.9 Å². The highest BCUT2D eigenvalue weighted by Gasteiger charge is 2.46. The van der Waals surface area contributed by atoms with Crippen molar-refractivity contribution in [1.29, 1.82) is 0 Å². The van der Waals surface area contributed by atoms with Gasteiger partial charge in [0.2, 0.25) is 0 Å². The Morgan fingerprint density at radius 3 is 1.36 bits per heavy atom. The number of carbonyl (C=O) groups is 2. The largest absolute Gasteiger partial charge is 0.478 e. The number of hydrogen-bond donors (Lipinski definition) is 2. The van der Waals surface area contributed by atoms with Crippen molar-refractivity contribution in [3.05, 3.63) is 128 Å². The minimum absolute atomic E-state index is 0.00870. The van der Waals surface area contributed by atoms with Crippen LogP contribution in [0.5, 0.6) is 0 Å². The number of aromatic carboxylic acids is 2. The van der Waals surface area contributed by atoms with E-state index in [1.54, 1.807) is 24.3 Å². The molecule has 0 heterocycles. The second-order valence-corrected chi connectivity index (χ2v) is 8.66. The zero-order valence-electron chi connectivity index (χ0n) is 17.0. The quantitative estimate of drug-likeness (QED) is 0.302. The van der Waals surface area contributed by atoms with Crippen molar-refractivity contribution in [2.75, 3.05) is 0 Å². The van der Waals surface area contributed by atoms with Crippen molar-refractivity contribution < 1.29 is 19.8 Å². The Morgan fingerprint density at radius 1 is 0.606 bits per heavy atom. The third-order valence-electron chi connectivity index (χ3n) is 6.22. The summed E-state index contributed by atoms with van der Waals surface area (Å²) in [6, 6.07) is 25.8. The first-order valence-corrected chi connectivity index (χ1v) is 10.9. The lowest BCUT2D eigenvalue weighted by atomic mass is 9.67. The Hall–Kier alpha value is -3.60. The van der Waals surface area contributed by atoms with Crippen LogP contribution in [0.2, 0.25) is 10.0 Å². The van der Waals surface area contributed by atoms with Gasteiger partial charge in [-0.3, -0.25) is 0 Å². The average Bonchev–Trinajstić information content (AvgIpc) is 3.10. The molecule has 0 saturated heterocycles. The molecule has 5 rings (SSSR count). The summed E-state index contributed by atoms with van der Waals surface area (Å²) in [4.78, 5) is 23.2. The first-order valence-electron chi connectivity index (χ1n) is 10.1. The number of hydrogen-bond acceptors (Lipinski definition) is 2. The van der Waals surface area contributed by atoms with Crippen LogP contribution in [0.15, 0.2) is 84.9 Å². The molecule has 0 unspecified atom stereocenters. The SMILES string of the molecule is O=C(O)c1ccc(C2(c3ccc(C(=O)O)c(Cl)c3)c3ccccc3-c3ccccc32)cc1Cl. The van der Waals surface area contributed by atoms with E-state index in [0.717, 1.165) is 33.4 Å². The number of carboxylic acid groups (broad SMARTS) is 2. The molecule has 162 valence electrons. The Bertz CT molecular complexity index is 1350. The first-order chi connectivity index (χ1) is 15.9. The molecule has 0 aliphatic heterocycles. The Labute approximate surface area is 199 Å². The highest BCUT2D eigenvalue weighted by Crippen LogP contribution is 2.56. The van der Waals surface area contributed by atoms with Crippen LogP contribution < -0.4 is 0 Å². The van der Waals surface area contributed by atoms with Gasteiger partial charge in [0.05, 0.1) is 26.6 Å². The molecule has 4 nitrogen and oxygen atoms in total. The third-order valence-corrected chi connectivity index (χ3v) is 6.84. The van der Waals surface area contributed by atoms with E-state index < -0.39 is 17.4 Å². The fraction of sp³-hybridized carbons (Fsp3) is 0.0370. The molecule has 0 spiro atoms. The summed E-state index contributed by atoms with van der Waals surface area (Å²) in [7, 11) is 0. The lowest BCUT2D eigenvalue weighted by Gasteiger charge is -2.34. The van der Waals surface area contributed by atoms with E-state index in [9.17, 15) is 19.8 Å². The van der Waals surface area contributed by atoms with E-state index in [4.69, 9.17) is 23.2 Å². The van der Waals surface area contributed by atoms with E-state index in [1.165, 1.54) is 12.1 Å². The monoisotopic (exact) mass is 474 g/mol. The normalized spacial score (nSPS) is 13.3. The van der Waals surface area contributed by atoms with Crippen LogP contribution in [0.25, 0.3) is 11.1 Å². The van der Waals surface area contributed by atoms with Gasteiger partial charge in [-0.15, -0.1) is 0 Å². The fourth-order valence-corrected chi connectivity index (χ4v) is 5.39. The summed E-state index contributed by atoms with van der Waals surface area (Å²) in [5, 5.41) is 19.2. The first kappa shape index (κ1) is 21.3. The van der Waals surface area contributed by atoms with E-state index in [-0.39, 0.29) is 21.2 Å². The summed E-state index contributed by atoms with van der Waals surface area (Å²) in [6.45, 7) is 0. The number of fused-ring (bicyclic) bond motifs is 3. The van der Waals surface area contributed by atoms with Crippen molar-refractivity contribution >= 4 is 35.1 Å². The summed E-state index contributed by atoms with van der Waals surface area (Å²) in [5.74, 6) is -2.22. The van der Waals surface area contributed by atoms with Crippen LogP contribution in [0.1, 0.15) is 43.0 Å². The summed E-state index contributed by atoms with van der Waals surface area (Å²) < 4.78 is 0. The minimum Gasteiger partial charge on any atom is -0.478 e. The summed E-state index contributed by atoms with van der Waals surface area (Å²) >= 11 is 12.8. The molecule has 1 aliphatic carbocycles. The maximum Gasteiger partial charge on any atom is 0.337 e. The topological polar surface area (TPSA) is 74.6 Å². The molecule has 6 heteroatoms. The zero-order valence-corrected chi connectivity index (χ0v) is 18.6. The van der Waals surface area contributed by atoms with E-state index in [1.807, 2.05) is 48.5 Å². The standard InChI is InChI=1S/C27H16Cl2O4/c28-23-13-15(9-11-19(23)25(30)31)27(16-10-12-20(26(32)33)24(29)14-16)21-7-3-1-5-17(21)18-6-2-4-8-22(18)27/h1-14H,(H,30,31)(H,32,33). The van der Waals surface area contributed by atoms with E-state index in [0.29, 0.717) is 0 Å². The van der Waals surface area contributed by atoms with Gasteiger partial charge in [-0.2, -0.15) is 0 Å². The van der Waals surface area contributed by atoms with Crippen molar-refractivity contribution in [2.24, 2.45) is 0 Å². The third kappa shape index (κ3) is 3.06. The number of halogens is 2. The Kier molecular flexibility index (Phi) is 5.00. The van der Waals surface area contributed by atoms with Gasteiger partial charge in [0.1, 0.15) is 0 Å². The van der Waals surface area contributed by atoms with Crippen LogP contribution in [0.3, 0.4) is 0 Å². The highest BCUT2D eigenvalue weighted by atomic mass is 35.5. The predicted molar refractivity (Wildman–Crippen MR) is 128 cm³/mol. The Morgan fingerprint density at radius 2 is 1.00 bits per heavy atom. The molecule has 1 aliphatic rings. The maximum atomic E-state index is 11.6. The molecular formula is C27H16Cl2O4. The molecule has 4 aromatic carbocycles. The summed E-state index contributed by atoms with van der Waals surface area (Å²) in [5.41, 5.74) is 4.69. The molecule has 0 bridgehead atoms. The number of carboxylic acids is 2. The van der Waals surface area contributed by atoms with Crippen molar-refractivity contribution in [3.63, 3.8) is 0 Å². The van der Waals surface area contributed by atoms with Crippen molar-refractivity contribution in [2.45, 2.75) is 5.41 Å². The van der Waals surface area contributed by atoms with E-state index >= 15 is 0 Å². The second-order valence-electron chi connectivity index (χ2n) is 7.84. The molecule has 2 N–H and O–H groups in total. The van der Waals surface area contributed by atoms with E-state index in [2.05, 4.69) is 0 Å².